The zero-order valence-corrected chi connectivity index (χ0v) is 14.3. The van der Waals surface area contributed by atoms with Gasteiger partial charge in [0.15, 0.2) is 0 Å². The fourth-order valence-electron chi connectivity index (χ4n) is 2.68. The summed E-state index contributed by atoms with van der Waals surface area (Å²) in [7, 11) is 1.68. The second kappa shape index (κ2) is 8.59. The molecule has 0 saturated carbocycles. The highest BCUT2D eigenvalue weighted by atomic mass is 16.5. The molecule has 0 radical (unpaired) electrons. The van der Waals surface area contributed by atoms with Gasteiger partial charge in [0.25, 0.3) is 0 Å². The summed E-state index contributed by atoms with van der Waals surface area (Å²) in [5.41, 5.74) is 9.73. The number of benzene rings is 2. The van der Waals surface area contributed by atoms with Crippen molar-refractivity contribution >= 4 is 0 Å². The summed E-state index contributed by atoms with van der Waals surface area (Å²) >= 11 is 0. The number of methoxy groups -OCH3 is 1. The van der Waals surface area contributed by atoms with E-state index in [4.69, 9.17) is 15.2 Å². The van der Waals surface area contributed by atoms with Crippen molar-refractivity contribution in [1.82, 2.24) is 0 Å². The van der Waals surface area contributed by atoms with Crippen molar-refractivity contribution in [2.75, 3.05) is 20.3 Å². The number of hydrogen-bond donors (Lipinski definition) is 1. The Morgan fingerprint density at radius 3 is 2.39 bits per heavy atom. The maximum Gasteiger partial charge on any atom is 0.122 e. The molecule has 0 heterocycles. The molecule has 2 N–H and O–H groups in total. The van der Waals surface area contributed by atoms with Crippen LogP contribution in [0, 0.1) is 6.92 Å². The van der Waals surface area contributed by atoms with Gasteiger partial charge in [-0.05, 0) is 61.2 Å². The van der Waals surface area contributed by atoms with Crippen molar-refractivity contribution in [3.8, 4) is 11.5 Å². The van der Waals surface area contributed by atoms with Crippen LogP contribution in [0.15, 0.2) is 42.5 Å². The lowest BCUT2D eigenvalue weighted by Gasteiger charge is -2.18. The second-order valence-electron chi connectivity index (χ2n) is 5.86. The molecule has 0 aromatic heterocycles. The lowest BCUT2D eigenvalue weighted by Crippen LogP contribution is -2.15. The lowest BCUT2D eigenvalue weighted by molar-refractivity contribution is 0.315. The van der Waals surface area contributed by atoms with Crippen molar-refractivity contribution in [3.05, 3.63) is 59.2 Å². The van der Waals surface area contributed by atoms with E-state index in [1.54, 1.807) is 7.11 Å². The van der Waals surface area contributed by atoms with Gasteiger partial charge < -0.3 is 15.2 Å². The molecule has 0 amide bonds. The molecule has 2 rings (SSSR count). The first-order chi connectivity index (χ1) is 11.2. The number of aryl methyl sites for hydroxylation is 1. The van der Waals surface area contributed by atoms with Crippen LogP contribution in [-0.2, 0) is 6.42 Å². The summed E-state index contributed by atoms with van der Waals surface area (Å²) < 4.78 is 11.0. The molecule has 3 heteroatoms. The minimum atomic E-state index is 0.308. The van der Waals surface area contributed by atoms with Crippen LogP contribution in [0.1, 0.15) is 36.0 Å². The second-order valence-corrected chi connectivity index (χ2v) is 5.86. The highest BCUT2D eigenvalue weighted by Crippen LogP contribution is 2.26. The number of nitrogens with two attached hydrogens (primary N) is 1. The van der Waals surface area contributed by atoms with E-state index in [-0.39, 0.29) is 0 Å². The van der Waals surface area contributed by atoms with E-state index in [1.165, 1.54) is 16.7 Å². The van der Waals surface area contributed by atoms with Gasteiger partial charge in [0.2, 0.25) is 0 Å². The molecular formula is C20H27NO2. The first-order valence-corrected chi connectivity index (χ1v) is 8.24. The van der Waals surface area contributed by atoms with Crippen LogP contribution in [0.5, 0.6) is 11.5 Å². The Morgan fingerprint density at radius 2 is 1.83 bits per heavy atom. The average molecular weight is 313 g/mol. The topological polar surface area (TPSA) is 44.5 Å². The quantitative estimate of drug-likeness (QED) is 0.798. The number of ether oxygens (including phenoxy) is 2. The summed E-state index contributed by atoms with van der Waals surface area (Å²) in [6.45, 7) is 5.59. The van der Waals surface area contributed by atoms with Crippen LogP contribution in [0.2, 0.25) is 0 Å². The van der Waals surface area contributed by atoms with Gasteiger partial charge in [-0.15, -0.1) is 0 Å². The molecule has 2 aromatic rings. The summed E-state index contributed by atoms with van der Waals surface area (Å²) in [5.74, 6) is 2.16. The summed E-state index contributed by atoms with van der Waals surface area (Å²) in [4.78, 5) is 0. The number of rotatable bonds is 8. The van der Waals surface area contributed by atoms with E-state index >= 15 is 0 Å². The molecule has 2 aromatic carbocycles. The van der Waals surface area contributed by atoms with Crippen LogP contribution >= 0.6 is 0 Å². The molecule has 0 fully saturated rings. The summed E-state index contributed by atoms with van der Waals surface area (Å²) in [5, 5.41) is 0. The maximum absolute atomic E-state index is 6.02. The third-order valence-corrected chi connectivity index (χ3v) is 4.06. The van der Waals surface area contributed by atoms with E-state index in [0.29, 0.717) is 12.5 Å². The molecule has 124 valence electrons. The molecule has 0 aliphatic heterocycles. The Kier molecular flexibility index (Phi) is 6.48. The minimum Gasteiger partial charge on any atom is -0.497 e. The van der Waals surface area contributed by atoms with Crippen LogP contribution in [-0.4, -0.2) is 20.3 Å². The normalized spacial score (nSPS) is 12.0. The van der Waals surface area contributed by atoms with E-state index in [2.05, 4.69) is 44.2 Å². The zero-order valence-electron chi connectivity index (χ0n) is 14.3. The van der Waals surface area contributed by atoms with Crippen LogP contribution in [0.4, 0.5) is 0 Å². The monoisotopic (exact) mass is 313 g/mol. The van der Waals surface area contributed by atoms with Gasteiger partial charge in [-0.1, -0.05) is 31.2 Å². The van der Waals surface area contributed by atoms with Crippen LogP contribution < -0.4 is 15.2 Å². The maximum atomic E-state index is 6.02. The van der Waals surface area contributed by atoms with Gasteiger partial charge in [-0.25, -0.2) is 0 Å². The Hall–Kier alpha value is -2.00. The highest BCUT2D eigenvalue weighted by Gasteiger charge is 2.12. The van der Waals surface area contributed by atoms with Gasteiger partial charge in [0.1, 0.15) is 11.5 Å². The van der Waals surface area contributed by atoms with E-state index in [9.17, 15) is 0 Å². The SMILES string of the molecule is CCCOc1ccc(C(CN)Cc2ccc(OC)cc2)cc1C. The molecule has 3 nitrogen and oxygen atoms in total. The van der Waals surface area contributed by atoms with Crippen molar-refractivity contribution in [1.29, 1.82) is 0 Å². The van der Waals surface area contributed by atoms with E-state index in [1.807, 2.05) is 12.1 Å². The van der Waals surface area contributed by atoms with Crippen molar-refractivity contribution in [2.24, 2.45) is 5.73 Å². The molecular weight excluding hydrogens is 286 g/mol. The molecule has 0 spiro atoms. The Labute approximate surface area is 139 Å². The fraction of sp³-hybridized carbons (Fsp3) is 0.400. The third-order valence-electron chi connectivity index (χ3n) is 4.06. The lowest BCUT2D eigenvalue weighted by atomic mass is 9.91. The third kappa shape index (κ3) is 4.73. The highest BCUT2D eigenvalue weighted by molar-refractivity contribution is 5.38. The van der Waals surface area contributed by atoms with Crippen LogP contribution in [0.25, 0.3) is 0 Å². The molecule has 0 aliphatic rings. The largest absolute Gasteiger partial charge is 0.497 e. The summed E-state index contributed by atoms with van der Waals surface area (Å²) in [6.07, 6.45) is 1.94. The predicted molar refractivity (Wildman–Crippen MR) is 95.5 cm³/mol. The Bertz CT molecular complexity index is 608. The Morgan fingerprint density at radius 1 is 1.09 bits per heavy atom. The zero-order chi connectivity index (χ0) is 16.7. The van der Waals surface area contributed by atoms with Crippen molar-refractivity contribution in [3.63, 3.8) is 0 Å². The van der Waals surface area contributed by atoms with Crippen molar-refractivity contribution in [2.45, 2.75) is 32.6 Å². The van der Waals surface area contributed by atoms with E-state index in [0.717, 1.165) is 30.9 Å². The van der Waals surface area contributed by atoms with Gasteiger partial charge in [-0.2, -0.15) is 0 Å². The van der Waals surface area contributed by atoms with Crippen LogP contribution in [0.3, 0.4) is 0 Å². The van der Waals surface area contributed by atoms with Gasteiger partial charge in [0, 0.05) is 5.92 Å². The number of hydrogen-bond acceptors (Lipinski definition) is 3. The minimum absolute atomic E-state index is 0.308. The molecule has 1 unspecified atom stereocenters. The molecule has 0 bridgehead atoms. The average Bonchev–Trinajstić information content (AvgIpc) is 2.59. The molecule has 0 saturated heterocycles. The first kappa shape index (κ1) is 17.4. The fourth-order valence-corrected chi connectivity index (χ4v) is 2.68. The van der Waals surface area contributed by atoms with Gasteiger partial charge in [-0.3, -0.25) is 0 Å². The first-order valence-electron chi connectivity index (χ1n) is 8.24. The Balaban J connectivity index is 2.11. The smallest absolute Gasteiger partial charge is 0.122 e. The molecule has 23 heavy (non-hydrogen) atoms. The van der Waals surface area contributed by atoms with Gasteiger partial charge >= 0.3 is 0 Å². The van der Waals surface area contributed by atoms with E-state index < -0.39 is 0 Å². The van der Waals surface area contributed by atoms with Gasteiger partial charge in [0.05, 0.1) is 13.7 Å². The molecule has 0 aliphatic carbocycles. The van der Waals surface area contributed by atoms with Crippen molar-refractivity contribution < 1.29 is 9.47 Å². The summed E-state index contributed by atoms with van der Waals surface area (Å²) in [6, 6.07) is 14.6. The standard InChI is InChI=1S/C20H27NO2/c1-4-11-23-20-10-7-17(12-15(20)2)18(14-21)13-16-5-8-19(22-3)9-6-16/h5-10,12,18H,4,11,13-14,21H2,1-3H3. The molecule has 1 atom stereocenters. The predicted octanol–water partition coefficient (Wildman–Crippen LogP) is 4.08.